The summed E-state index contributed by atoms with van der Waals surface area (Å²) in [6, 6.07) is 14.3. The van der Waals surface area contributed by atoms with Gasteiger partial charge in [-0.05, 0) is 55.7 Å². The Bertz CT molecular complexity index is 837. The van der Waals surface area contributed by atoms with E-state index in [4.69, 9.17) is 21.1 Å². The summed E-state index contributed by atoms with van der Waals surface area (Å²) >= 11 is 5.84. The molecule has 1 fully saturated rings. The Hall–Kier alpha value is -2.73. The maximum atomic E-state index is 12.3. The Labute approximate surface area is 175 Å². The summed E-state index contributed by atoms with van der Waals surface area (Å²) in [5.41, 5.74) is 0.680. The molecule has 29 heavy (non-hydrogen) atoms. The van der Waals surface area contributed by atoms with Gasteiger partial charge in [0.25, 0.3) is 5.91 Å². The Morgan fingerprint density at radius 2 is 1.86 bits per heavy atom. The molecule has 154 valence electrons. The van der Waals surface area contributed by atoms with Crippen molar-refractivity contribution < 1.29 is 19.1 Å². The maximum absolute atomic E-state index is 12.3. The van der Waals surface area contributed by atoms with Crippen LogP contribution in [0.15, 0.2) is 48.5 Å². The molecule has 0 bridgehead atoms. The fourth-order valence-electron chi connectivity index (χ4n) is 2.66. The number of nitrogens with zero attached hydrogens (tertiary/aromatic N) is 1. The number of benzene rings is 2. The third kappa shape index (κ3) is 6.98. The van der Waals surface area contributed by atoms with E-state index in [9.17, 15) is 9.59 Å². The SMILES string of the molecule is CN(CCCOc1ccc(Cl)cc1)C(=O)COc1cccc(NC(=O)C2CC2)c1. The first kappa shape index (κ1) is 21.0. The minimum atomic E-state index is -0.121. The van der Waals surface area contributed by atoms with Crippen LogP contribution in [0, 0.1) is 5.92 Å². The molecule has 2 aromatic carbocycles. The molecule has 0 unspecified atom stereocenters. The Morgan fingerprint density at radius 3 is 2.59 bits per heavy atom. The van der Waals surface area contributed by atoms with Gasteiger partial charge in [-0.2, -0.15) is 0 Å². The molecular formula is C22H25ClN2O4. The Kier molecular flexibility index (Phi) is 7.36. The summed E-state index contributed by atoms with van der Waals surface area (Å²) in [6.07, 6.45) is 2.61. The first-order valence-corrected chi connectivity index (χ1v) is 10.0. The van der Waals surface area contributed by atoms with Gasteiger partial charge in [-0.25, -0.2) is 0 Å². The van der Waals surface area contributed by atoms with Crippen molar-refractivity contribution in [3.8, 4) is 11.5 Å². The Balaban J connectivity index is 1.36. The first-order chi connectivity index (χ1) is 14.0. The molecule has 0 aliphatic heterocycles. The zero-order chi connectivity index (χ0) is 20.6. The predicted octanol–water partition coefficient (Wildman–Crippen LogP) is 3.99. The molecule has 2 aromatic rings. The number of ether oxygens (including phenoxy) is 2. The molecule has 0 saturated heterocycles. The standard InChI is InChI=1S/C22H25ClN2O4/c1-25(12-3-13-28-19-10-8-17(23)9-11-19)21(26)15-29-20-5-2-4-18(14-20)24-22(27)16-6-7-16/h2,4-5,8-11,14,16H,3,6-7,12-13,15H2,1H3,(H,24,27). The average molecular weight is 417 g/mol. The monoisotopic (exact) mass is 416 g/mol. The van der Waals surface area contributed by atoms with Gasteiger partial charge in [0, 0.05) is 36.3 Å². The van der Waals surface area contributed by atoms with Crippen LogP contribution in [-0.2, 0) is 9.59 Å². The van der Waals surface area contributed by atoms with Crippen molar-refractivity contribution in [1.29, 1.82) is 0 Å². The van der Waals surface area contributed by atoms with Crippen LogP contribution in [-0.4, -0.2) is 43.5 Å². The summed E-state index contributed by atoms with van der Waals surface area (Å²) in [5, 5.41) is 3.54. The number of carbonyl (C=O) groups excluding carboxylic acids is 2. The number of likely N-dealkylation sites (N-methyl/N-ethyl adjacent to an activating group) is 1. The molecule has 7 heteroatoms. The number of amides is 2. The van der Waals surface area contributed by atoms with E-state index in [2.05, 4.69) is 5.32 Å². The summed E-state index contributed by atoms with van der Waals surface area (Å²) in [4.78, 5) is 25.7. The van der Waals surface area contributed by atoms with Crippen LogP contribution in [0.1, 0.15) is 19.3 Å². The van der Waals surface area contributed by atoms with E-state index in [-0.39, 0.29) is 24.3 Å². The highest BCUT2D eigenvalue weighted by molar-refractivity contribution is 6.30. The molecule has 1 saturated carbocycles. The number of anilines is 1. The molecule has 3 rings (SSSR count). The van der Waals surface area contributed by atoms with E-state index in [0.29, 0.717) is 36.0 Å². The minimum absolute atomic E-state index is 0.0405. The number of nitrogens with one attached hydrogen (secondary N) is 1. The molecule has 1 aliphatic carbocycles. The van der Waals surface area contributed by atoms with Gasteiger partial charge in [0.2, 0.25) is 5.91 Å². The predicted molar refractivity (Wildman–Crippen MR) is 112 cm³/mol. The molecule has 6 nitrogen and oxygen atoms in total. The second-order valence-corrected chi connectivity index (χ2v) is 7.49. The van der Waals surface area contributed by atoms with Gasteiger partial charge < -0.3 is 19.7 Å². The minimum Gasteiger partial charge on any atom is -0.494 e. The number of hydrogen-bond acceptors (Lipinski definition) is 4. The summed E-state index contributed by atoms with van der Waals surface area (Å²) in [5.74, 6) is 1.35. The van der Waals surface area contributed by atoms with Crippen molar-refractivity contribution in [2.75, 3.05) is 32.1 Å². The average Bonchev–Trinajstić information content (AvgIpc) is 3.56. The van der Waals surface area contributed by atoms with Crippen molar-refractivity contribution in [3.05, 3.63) is 53.6 Å². The third-order valence-corrected chi connectivity index (χ3v) is 4.81. The van der Waals surface area contributed by atoms with Crippen LogP contribution in [0.5, 0.6) is 11.5 Å². The highest BCUT2D eigenvalue weighted by Crippen LogP contribution is 2.30. The van der Waals surface area contributed by atoms with E-state index in [1.807, 2.05) is 18.2 Å². The van der Waals surface area contributed by atoms with Gasteiger partial charge in [-0.1, -0.05) is 17.7 Å². The summed E-state index contributed by atoms with van der Waals surface area (Å²) in [6.45, 7) is 1.00. The van der Waals surface area contributed by atoms with Gasteiger partial charge in [0.15, 0.2) is 6.61 Å². The van der Waals surface area contributed by atoms with Crippen LogP contribution in [0.4, 0.5) is 5.69 Å². The summed E-state index contributed by atoms with van der Waals surface area (Å²) in [7, 11) is 1.74. The van der Waals surface area contributed by atoms with Gasteiger partial charge >= 0.3 is 0 Å². The molecular weight excluding hydrogens is 392 g/mol. The number of halogens is 1. The highest BCUT2D eigenvalue weighted by atomic mass is 35.5. The lowest BCUT2D eigenvalue weighted by atomic mass is 10.3. The molecule has 0 spiro atoms. The number of hydrogen-bond donors (Lipinski definition) is 1. The van der Waals surface area contributed by atoms with Crippen molar-refractivity contribution in [1.82, 2.24) is 4.90 Å². The maximum Gasteiger partial charge on any atom is 0.260 e. The van der Waals surface area contributed by atoms with Gasteiger partial charge in [-0.15, -0.1) is 0 Å². The number of rotatable bonds is 10. The van der Waals surface area contributed by atoms with Crippen molar-refractivity contribution >= 4 is 29.1 Å². The lowest BCUT2D eigenvalue weighted by Crippen LogP contribution is -2.32. The molecule has 0 radical (unpaired) electrons. The van der Waals surface area contributed by atoms with Crippen LogP contribution in [0.25, 0.3) is 0 Å². The van der Waals surface area contributed by atoms with Crippen molar-refractivity contribution in [2.45, 2.75) is 19.3 Å². The highest BCUT2D eigenvalue weighted by Gasteiger charge is 2.29. The lowest BCUT2D eigenvalue weighted by molar-refractivity contribution is -0.132. The van der Waals surface area contributed by atoms with E-state index >= 15 is 0 Å². The molecule has 2 amide bonds. The van der Waals surface area contributed by atoms with E-state index in [0.717, 1.165) is 18.6 Å². The van der Waals surface area contributed by atoms with Crippen LogP contribution < -0.4 is 14.8 Å². The molecule has 0 aromatic heterocycles. The lowest BCUT2D eigenvalue weighted by Gasteiger charge is -2.18. The fraction of sp³-hybridized carbons (Fsp3) is 0.364. The zero-order valence-electron chi connectivity index (χ0n) is 16.4. The van der Waals surface area contributed by atoms with E-state index in [1.54, 1.807) is 42.3 Å². The topological polar surface area (TPSA) is 67.9 Å². The molecule has 0 atom stereocenters. The Morgan fingerprint density at radius 1 is 1.10 bits per heavy atom. The fourth-order valence-corrected chi connectivity index (χ4v) is 2.78. The summed E-state index contributed by atoms with van der Waals surface area (Å²) < 4.78 is 11.2. The van der Waals surface area contributed by atoms with Gasteiger partial charge in [-0.3, -0.25) is 9.59 Å². The van der Waals surface area contributed by atoms with Gasteiger partial charge in [0.1, 0.15) is 11.5 Å². The second-order valence-electron chi connectivity index (χ2n) is 7.05. The number of carbonyl (C=O) groups is 2. The van der Waals surface area contributed by atoms with Crippen molar-refractivity contribution in [3.63, 3.8) is 0 Å². The van der Waals surface area contributed by atoms with E-state index in [1.165, 1.54) is 0 Å². The quantitative estimate of drug-likeness (QED) is 0.594. The van der Waals surface area contributed by atoms with Gasteiger partial charge in [0.05, 0.1) is 6.61 Å². The second kappa shape index (κ2) is 10.2. The van der Waals surface area contributed by atoms with Crippen LogP contribution in [0.2, 0.25) is 5.02 Å². The third-order valence-electron chi connectivity index (χ3n) is 4.56. The van der Waals surface area contributed by atoms with Crippen LogP contribution >= 0.6 is 11.6 Å². The largest absolute Gasteiger partial charge is 0.494 e. The van der Waals surface area contributed by atoms with Crippen molar-refractivity contribution in [2.24, 2.45) is 5.92 Å². The zero-order valence-corrected chi connectivity index (χ0v) is 17.2. The first-order valence-electron chi connectivity index (χ1n) is 9.67. The normalized spacial score (nSPS) is 12.9. The molecule has 1 aliphatic rings. The molecule has 0 heterocycles. The molecule has 1 N–H and O–H groups in total. The van der Waals surface area contributed by atoms with E-state index < -0.39 is 0 Å². The smallest absolute Gasteiger partial charge is 0.260 e. The van der Waals surface area contributed by atoms with Crippen LogP contribution in [0.3, 0.4) is 0 Å².